The van der Waals surface area contributed by atoms with Crippen LogP contribution >= 0.6 is 24.8 Å². The second-order valence-electron chi connectivity index (χ2n) is 3.05. The Labute approximate surface area is 80.3 Å². The van der Waals surface area contributed by atoms with Gasteiger partial charge in [0.15, 0.2) is 0 Å². The largest absolute Gasteiger partial charge is 0.311 e. The zero-order chi connectivity index (χ0) is 6.10. The third-order valence-electron chi connectivity index (χ3n) is 2.45. The molecule has 4 heteroatoms. The predicted octanol–water partition coefficient (Wildman–Crippen LogP) is 0.944. The molecule has 2 nitrogen and oxygen atoms in total. The second-order valence-corrected chi connectivity index (χ2v) is 3.05. The van der Waals surface area contributed by atoms with E-state index in [1.807, 2.05) is 0 Å². The average molecular weight is 199 g/mol. The monoisotopic (exact) mass is 198 g/mol. The van der Waals surface area contributed by atoms with E-state index in [1.54, 1.807) is 0 Å². The van der Waals surface area contributed by atoms with Crippen LogP contribution in [-0.4, -0.2) is 25.2 Å². The molecule has 0 aromatic rings. The summed E-state index contributed by atoms with van der Waals surface area (Å²) in [5.41, 5.74) is 0. The number of rotatable bonds is 0. The van der Waals surface area contributed by atoms with Crippen LogP contribution in [0.1, 0.15) is 19.3 Å². The van der Waals surface area contributed by atoms with Gasteiger partial charge in [-0.15, -0.1) is 24.8 Å². The summed E-state index contributed by atoms with van der Waals surface area (Å²) < 4.78 is 0. The maximum Gasteiger partial charge on any atom is 0.0221 e. The summed E-state index contributed by atoms with van der Waals surface area (Å²) in [6, 6.07) is 1.61. The number of fused-ring (bicyclic) bond motifs is 1. The summed E-state index contributed by atoms with van der Waals surface area (Å²) >= 11 is 0. The highest BCUT2D eigenvalue weighted by molar-refractivity contribution is 5.85. The van der Waals surface area contributed by atoms with Crippen molar-refractivity contribution in [3.63, 3.8) is 0 Å². The van der Waals surface area contributed by atoms with E-state index in [0.29, 0.717) is 0 Å². The van der Waals surface area contributed by atoms with Gasteiger partial charge in [0.2, 0.25) is 0 Å². The van der Waals surface area contributed by atoms with Gasteiger partial charge in [0.25, 0.3) is 0 Å². The van der Waals surface area contributed by atoms with Gasteiger partial charge < -0.3 is 10.6 Å². The third-order valence-corrected chi connectivity index (χ3v) is 2.45. The van der Waals surface area contributed by atoms with E-state index < -0.39 is 0 Å². The highest BCUT2D eigenvalue weighted by Gasteiger charge is 2.28. The molecule has 1 saturated carbocycles. The SMILES string of the molecule is C1C[C@@H]2NCCN[C@@H]2C1.Cl.Cl. The Bertz CT molecular complexity index is 98.6. The zero-order valence-electron chi connectivity index (χ0n) is 6.51. The van der Waals surface area contributed by atoms with Crippen molar-refractivity contribution < 1.29 is 0 Å². The van der Waals surface area contributed by atoms with Crippen LogP contribution in [-0.2, 0) is 0 Å². The lowest BCUT2D eigenvalue weighted by molar-refractivity contribution is 0.358. The number of halogens is 2. The van der Waals surface area contributed by atoms with Gasteiger partial charge in [-0.1, -0.05) is 6.42 Å². The highest BCUT2D eigenvalue weighted by Crippen LogP contribution is 2.19. The first-order valence-corrected chi connectivity index (χ1v) is 3.93. The Hall–Kier alpha value is 0.500. The quantitative estimate of drug-likeness (QED) is 0.606. The molecule has 0 bridgehead atoms. The van der Waals surface area contributed by atoms with Crippen molar-refractivity contribution in [2.45, 2.75) is 31.3 Å². The lowest BCUT2D eigenvalue weighted by Gasteiger charge is -2.27. The summed E-state index contributed by atoms with van der Waals surface area (Å²) in [7, 11) is 0. The maximum atomic E-state index is 3.52. The van der Waals surface area contributed by atoms with Crippen LogP contribution < -0.4 is 10.6 Å². The Morgan fingerprint density at radius 3 is 1.73 bits per heavy atom. The summed E-state index contributed by atoms with van der Waals surface area (Å²) in [6.45, 7) is 2.34. The minimum absolute atomic E-state index is 0. The molecular formula is C7H16Cl2N2. The van der Waals surface area contributed by atoms with Crippen molar-refractivity contribution in [3.8, 4) is 0 Å². The number of hydrogen-bond acceptors (Lipinski definition) is 2. The molecule has 1 heterocycles. The van der Waals surface area contributed by atoms with Gasteiger partial charge in [-0.05, 0) is 12.8 Å². The van der Waals surface area contributed by atoms with Gasteiger partial charge >= 0.3 is 0 Å². The topological polar surface area (TPSA) is 24.1 Å². The Balaban J connectivity index is 0.000000500. The van der Waals surface area contributed by atoms with Gasteiger partial charge in [-0.3, -0.25) is 0 Å². The molecule has 0 aromatic heterocycles. The lowest BCUT2D eigenvalue weighted by atomic mass is 10.1. The van der Waals surface area contributed by atoms with E-state index in [-0.39, 0.29) is 24.8 Å². The first kappa shape index (κ1) is 11.5. The molecule has 0 amide bonds. The minimum Gasteiger partial charge on any atom is -0.311 e. The fourth-order valence-electron chi connectivity index (χ4n) is 1.96. The first-order chi connectivity index (χ1) is 4.47. The summed E-state index contributed by atoms with van der Waals surface area (Å²) in [6.07, 6.45) is 4.19. The molecule has 1 aliphatic heterocycles. The molecule has 2 N–H and O–H groups in total. The number of nitrogens with one attached hydrogen (secondary N) is 2. The van der Waals surface area contributed by atoms with Crippen molar-refractivity contribution in [1.29, 1.82) is 0 Å². The van der Waals surface area contributed by atoms with Crippen LogP contribution in [0.4, 0.5) is 0 Å². The molecule has 0 spiro atoms. The van der Waals surface area contributed by atoms with E-state index in [1.165, 1.54) is 32.4 Å². The molecule has 0 radical (unpaired) electrons. The molecule has 1 saturated heterocycles. The van der Waals surface area contributed by atoms with Crippen LogP contribution in [0.2, 0.25) is 0 Å². The first-order valence-electron chi connectivity index (χ1n) is 3.93. The summed E-state index contributed by atoms with van der Waals surface area (Å²) in [4.78, 5) is 0. The summed E-state index contributed by atoms with van der Waals surface area (Å²) in [5.74, 6) is 0. The van der Waals surface area contributed by atoms with Gasteiger partial charge in [0.05, 0.1) is 0 Å². The average Bonchev–Trinajstić information content (AvgIpc) is 2.33. The molecule has 2 aliphatic rings. The van der Waals surface area contributed by atoms with Gasteiger partial charge in [-0.2, -0.15) is 0 Å². The van der Waals surface area contributed by atoms with E-state index in [2.05, 4.69) is 10.6 Å². The van der Waals surface area contributed by atoms with E-state index in [9.17, 15) is 0 Å². The maximum absolute atomic E-state index is 3.52. The van der Waals surface area contributed by atoms with Crippen molar-refractivity contribution >= 4 is 24.8 Å². The Kier molecular flexibility index (Phi) is 5.44. The fraction of sp³-hybridized carbons (Fsp3) is 1.00. The highest BCUT2D eigenvalue weighted by atomic mass is 35.5. The molecule has 2 rings (SSSR count). The molecule has 2 atom stereocenters. The fourth-order valence-corrected chi connectivity index (χ4v) is 1.96. The lowest BCUT2D eigenvalue weighted by Crippen LogP contribution is -2.52. The van der Waals surface area contributed by atoms with Crippen LogP contribution in [0.25, 0.3) is 0 Å². The van der Waals surface area contributed by atoms with E-state index in [0.717, 1.165) is 12.1 Å². The normalized spacial score (nSPS) is 34.9. The van der Waals surface area contributed by atoms with Crippen molar-refractivity contribution in [3.05, 3.63) is 0 Å². The van der Waals surface area contributed by atoms with Gasteiger partial charge in [0, 0.05) is 25.2 Å². The van der Waals surface area contributed by atoms with E-state index in [4.69, 9.17) is 0 Å². The Morgan fingerprint density at radius 2 is 1.27 bits per heavy atom. The summed E-state index contributed by atoms with van der Waals surface area (Å²) in [5, 5.41) is 7.04. The van der Waals surface area contributed by atoms with Gasteiger partial charge in [0.1, 0.15) is 0 Å². The Morgan fingerprint density at radius 1 is 0.818 bits per heavy atom. The molecule has 0 unspecified atom stereocenters. The van der Waals surface area contributed by atoms with Crippen LogP contribution in [0.5, 0.6) is 0 Å². The van der Waals surface area contributed by atoms with Crippen molar-refractivity contribution in [2.75, 3.05) is 13.1 Å². The molecule has 68 valence electrons. The number of hydrogen-bond donors (Lipinski definition) is 2. The number of piperazine rings is 1. The van der Waals surface area contributed by atoms with Crippen molar-refractivity contribution in [1.82, 2.24) is 10.6 Å². The molecule has 0 aromatic carbocycles. The van der Waals surface area contributed by atoms with Crippen LogP contribution in [0.3, 0.4) is 0 Å². The predicted molar refractivity (Wildman–Crippen MR) is 51.9 cm³/mol. The zero-order valence-corrected chi connectivity index (χ0v) is 8.14. The second kappa shape index (κ2) is 5.20. The smallest absolute Gasteiger partial charge is 0.0221 e. The van der Waals surface area contributed by atoms with Crippen LogP contribution in [0, 0.1) is 0 Å². The molecule has 2 fully saturated rings. The standard InChI is InChI=1S/C7H14N2.2ClH/c1-2-6-7(3-1)9-5-4-8-6;;/h6-9H,1-5H2;2*1H/t6-,7+;;. The van der Waals surface area contributed by atoms with Gasteiger partial charge in [-0.25, -0.2) is 0 Å². The third kappa shape index (κ3) is 2.48. The van der Waals surface area contributed by atoms with Crippen LogP contribution in [0.15, 0.2) is 0 Å². The minimum atomic E-state index is 0. The van der Waals surface area contributed by atoms with E-state index >= 15 is 0 Å². The molecule has 1 aliphatic carbocycles. The van der Waals surface area contributed by atoms with Crippen molar-refractivity contribution in [2.24, 2.45) is 0 Å². The molecule has 11 heavy (non-hydrogen) atoms. The molecular weight excluding hydrogens is 183 g/mol.